The summed E-state index contributed by atoms with van der Waals surface area (Å²) in [6.45, 7) is 3.36. The highest BCUT2D eigenvalue weighted by Gasteiger charge is 2.08. The summed E-state index contributed by atoms with van der Waals surface area (Å²) in [5.41, 5.74) is 5.56. The Hall–Kier alpha value is -0.990. The van der Waals surface area contributed by atoms with Gasteiger partial charge in [0, 0.05) is 18.7 Å². The molecule has 4 nitrogen and oxygen atoms in total. The molecule has 0 saturated carbocycles. The Kier molecular flexibility index (Phi) is 5.22. The van der Waals surface area contributed by atoms with Gasteiger partial charge < -0.3 is 10.3 Å². The Morgan fingerprint density at radius 1 is 1.53 bits per heavy atom. The second-order valence-corrected chi connectivity index (χ2v) is 4.07. The summed E-state index contributed by atoms with van der Waals surface area (Å²) in [5.74, 6) is 4.45. The number of thioether (sulfide) groups is 1. The van der Waals surface area contributed by atoms with Gasteiger partial charge >= 0.3 is 0 Å². The van der Waals surface area contributed by atoms with Crippen molar-refractivity contribution in [1.29, 1.82) is 0 Å². The molecule has 0 aliphatic heterocycles. The molecular weight excluding hydrogens is 208 g/mol. The Balaban J connectivity index is 2.53. The molecule has 0 atom stereocenters. The van der Waals surface area contributed by atoms with Crippen molar-refractivity contribution in [2.24, 2.45) is 5.73 Å². The van der Waals surface area contributed by atoms with Crippen molar-refractivity contribution in [2.75, 3.05) is 5.75 Å². The Morgan fingerprint density at radius 3 is 2.93 bits per heavy atom. The van der Waals surface area contributed by atoms with Gasteiger partial charge in [0.25, 0.3) is 0 Å². The topological polar surface area (TPSA) is 56.7 Å². The zero-order chi connectivity index (χ0) is 11.1. The lowest BCUT2D eigenvalue weighted by Gasteiger charge is -2.04. The van der Waals surface area contributed by atoms with E-state index in [1.807, 2.05) is 4.57 Å². The monoisotopic (exact) mass is 224 g/mol. The molecule has 0 unspecified atom stereocenters. The molecule has 0 aromatic carbocycles. The average Bonchev–Trinajstić information content (AvgIpc) is 2.66. The van der Waals surface area contributed by atoms with Crippen LogP contribution in [0.15, 0.2) is 5.16 Å². The fraction of sp³-hybridized carbons (Fsp3) is 0.600. The molecule has 82 valence electrons. The Labute approximate surface area is 94.6 Å². The van der Waals surface area contributed by atoms with Gasteiger partial charge in [-0.2, -0.15) is 0 Å². The predicted molar refractivity (Wildman–Crippen MR) is 62.4 cm³/mol. The maximum Gasteiger partial charge on any atom is 0.191 e. The van der Waals surface area contributed by atoms with Gasteiger partial charge in [0.05, 0.1) is 6.54 Å². The first kappa shape index (κ1) is 12.1. The van der Waals surface area contributed by atoms with Crippen LogP contribution in [-0.4, -0.2) is 20.5 Å². The Bertz CT molecular complexity index is 340. The van der Waals surface area contributed by atoms with Crippen LogP contribution in [0.25, 0.3) is 0 Å². The maximum atomic E-state index is 5.56. The molecular formula is C10H16N4S. The number of aromatic nitrogens is 3. The van der Waals surface area contributed by atoms with Gasteiger partial charge in [-0.15, -0.1) is 22.5 Å². The summed E-state index contributed by atoms with van der Waals surface area (Å²) in [4.78, 5) is 0. The SMILES string of the molecule is C#CCCCSc1nnc(CN)n1CC. The van der Waals surface area contributed by atoms with Crippen molar-refractivity contribution in [2.45, 2.75) is 38.0 Å². The molecule has 2 N–H and O–H groups in total. The van der Waals surface area contributed by atoms with Gasteiger partial charge in [-0.1, -0.05) is 11.8 Å². The van der Waals surface area contributed by atoms with E-state index < -0.39 is 0 Å². The van der Waals surface area contributed by atoms with Crippen molar-refractivity contribution >= 4 is 11.8 Å². The summed E-state index contributed by atoms with van der Waals surface area (Å²) in [7, 11) is 0. The van der Waals surface area contributed by atoms with Gasteiger partial charge in [0.1, 0.15) is 5.82 Å². The van der Waals surface area contributed by atoms with Gasteiger partial charge in [-0.25, -0.2) is 0 Å². The largest absolute Gasteiger partial charge is 0.324 e. The quantitative estimate of drug-likeness (QED) is 0.449. The molecule has 0 radical (unpaired) electrons. The van der Waals surface area contributed by atoms with E-state index in [1.54, 1.807) is 11.8 Å². The van der Waals surface area contributed by atoms with E-state index in [1.165, 1.54) is 0 Å². The third kappa shape index (κ3) is 3.26. The molecule has 0 saturated heterocycles. The smallest absolute Gasteiger partial charge is 0.191 e. The lowest BCUT2D eigenvalue weighted by Crippen LogP contribution is -2.08. The first-order chi connectivity index (χ1) is 7.33. The molecule has 15 heavy (non-hydrogen) atoms. The highest BCUT2D eigenvalue weighted by atomic mass is 32.2. The van der Waals surface area contributed by atoms with Crippen molar-refractivity contribution in [3.05, 3.63) is 5.82 Å². The van der Waals surface area contributed by atoms with Crippen LogP contribution >= 0.6 is 11.8 Å². The zero-order valence-corrected chi connectivity index (χ0v) is 9.76. The molecule has 0 aliphatic rings. The van der Waals surface area contributed by atoms with E-state index in [0.717, 1.165) is 36.1 Å². The highest BCUT2D eigenvalue weighted by Crippen LogP contribution is 2.18. The van der Waals surface area contributed by atoms with Crippen molar-refractivity contribution in [3.63, 3.8) is 0 Å². The summed E-state index contributed by atoms with van der Waals surface area (Å²) in [5, 5.41) is 9.07. The minimum atomic E-state index is 0.436. The molecule has 1 rings (SSSR count). The van der Waals surface area contributed by atoms with Crippen molar-refractivity contribution in [3.8, 4) is 12.3 Å². The number of rotatable bonds is 6. The zero-order valence-electron chi connectivity index (χ0n) is 8.94. The van der Waals surface area contributed by atoms with Crippen molar-refractivity contribution in [1.82, 2.24) is 14.8 Å². The number of hydrogen-bond donors (Lipinski definition) is 1. The van der Waals surface area contributed by atoms with Crippen molar-refractivity contribution < 1.29 is 0 Å². The van der Waals surface area contributed by atoms with E-state index in [4.69, 9.17) is 12.2 Å². The van der Waals surface area contributed by atoms with Crippen LogP contribution in [0.2, 0.25) is 0 Å². The van der Waals surface area contributed by atoms with Gasteiger partial charge in [0.2, 0.25) is 0 Å². The number of unbranched alkanes of at least 4 members (excludes halogenated alkanes) is 1. The highest BCUT2D eigenvalue weighted by molar-refractivity contribution is 7.99. The van der Waals surface area contributed by atoms with Crippen LogP contribution in [0.4, 0.5) is 0 Å². The number of terminal acetylenes is 1. The van der Waals surface area contributed by atoms with Gasteiger partial charge in [-0.05, 0) is 13.3 Å². The van der Waals surface area contributed by atoms with Crippen LogP contribution in [0, 0.1) is 12.3 Å². The van der Waals surface area contributed by atoms with Crippen LogP contribution in [0.5, 0.6) is 0 Å². The first-order valence-electron chi connectivity index (χ1n) is 5.01. The maximum absolute atomic E-state index is 5.56. The molecule has 1 heterocycles. The Morgan fingerprint density at radius 2 is 2.33 bits per heavy atom. The summed E-state index contributed by atoms with van der Waals surface area (Å²) in [6.07, 6.45) is 7.01. The summed E-state index contributed by atoms with van der Waals surface area (Å²) >= 11 is 1.69. The van der Waals surface area contributed by atoms with Crippen LogP contribution < -0.4 is 5.73 Å². The van der Waals surface area contributed by atoms with Gasteiger partial charge in [0.15, 0.2) is 5.16 Å². The molecule has 0 amide bonds. The minimum absolute atomic E-state index is 0.436. The normalized spacial score (nSPS) is 10.2. The third-order valence-corrected chi connectivity index (χ3v) is 3.04. The molecule has 0 spiro atoms. The molecule has 0 aliphatic carbocycles. The molecule has 1 aromatic heterocycles. The summed E-state index contributed by atoms with van der Waals surface area (Å²) in [6, 6.07) is 0. The first-order valence-corrected chi connectivity index (χ1v) is 6.00. The van der Waals surface area contributed by atoms with Crippen LogP contribution in [0.1, 0.15) is 25.6 Å². The van der Waals surface area contributed by atoms with Gasteiger partial charge in [-0.3, -0.25) is 0 Å². The number of nitrogens with zero attached hydrogens (tertiary/aromatic N) is 3. The number of hydrogen-bond acceptors (Lipinski definition) is 4. The van der Waals surface area contributed by atoms with E-state index >= 15 is 0 Å². The average molecular weight is 224 g/mol. The van der Waals surface area contributed by atoms with E-state index in [2.05, 4.69) is 23.0 Å². The second-order valence-electron chi connectivity index (χ2n) is 3.00. The fourth-order valence-corrected chi connectivity index (χ4v) is 2.19. The van der Waals surface area contributed by atoms with E-state index in [0.29, 0.717) is 6.54 Å². The number of nitrogens with two attached hydrogens (primary N) is 1. The second kappa shape index (κ2) is 6.49. The standard InChI is InChI=1S/C10H16N4S/c1-3-5-6-7-15-10-13-12-9(8-11)14(10)4-2/h1H,4-8,11H2,2H3. The van der Waals surface area contributed by atoms with Crippen LogP contribution in [-0.2, 0) is 13.1 Å². The van der Waals surface area contributed by atoms with Crippen LogP contribution in [0.3, 0.4) is 0 Å². The molecule has 0 fully saturated rings. The van der Waals surface area contributed by atoms with E-state index in [9.17, 15) is 0 Å². The lowest BCUT2D eigenvalue weighted by atomic mass is 10.4. The lowest BCUT2D eigenvalue weighted by molar-refractivity contribution is 0.642. The molecule has 1 aromatic rings. The molecule has 0 bridgehead atoms. The summed E-state index contributed by atoms with van der Waals surface area (Å²) < 4.78 is 2.04. The molecule has 5 heteroatoms. The predicted octanol–water partition coefficient (Wildman–Crippen LogP) is 1.26. The fourth-order valence-electron chi connectivity index (χ4n) is 1.23. The van der Waals surface area contributed by atoms with E-state index in [-0.39, 0.29) is 0 Å². The third-order valence-electron chi connectivity index (χ3n) is 1.99. The minimum Gasteiger partial charge on any atom is -0.324 e.